The van der Waals surface area contributed by atoms with Crippen LogP contribution in [0.2, 0.25) is 10.4 Å². The first kappa shape index (κ1) is 10.9. The lowest BCUT2D eigenvalue weighted by atomic mass is 10.3. The molecule has 1 aromatic rings. The third-order valence-corrected chi connectivity index (χ3v) is 2.86. The normalized spacial score (nSPS) is 15.4. The predicted octanol–water partition coefficient (Wildman–Crippen LogP) is 2.41. The van der Waals surface area contributed by atoms with E-state index in [4.69, 9.17) is 23.2 Å². The van der Waals surface area contributed by atoms with Gasteiger partial charge in [-0.2, -0.15) is 4.98 Å². The van der Waals surface area contributed by atoms with Gasteiger partial charge in [0.2, 0.25) is 5.28 Å². The van der Waals surface area contributed by atoms with E-state index < -0.39 is 0 Å². The molecule has 0 radical (unpaired) electrons. The first-order valence-corrected chi connectivity index (χ1v) is 5.77. The Morgan fingerprint density at radius 1 is 1.33 bits per heavy atom. The molecule has 1 aliphatic rings. The molecule has 0 spiro atoms. The van der Waals surface area contributed by atoms with E-state index in [0.717, 1.165) is 19.0 Å². The Kier molecular flexibility index (Phi) is 3.26. The van der Waals surface area contributed by atoms with Crippen molar-refractivity contribution >= 4 is 29.0 Å². The first-order chi connectivity index (χ1) is 7.20. The van der Waals surface area contributed by atoms with Gasteiger partial charge < -0.3 is 4.90 Å². The van der Waals surface area contributed by atoms with Crippen molar-refractivity contribution in [1.29, 1.82) is 0 Å². The van der Waals surface area contributed by atoms with Gasteiger partial charge in [0.1, 0.15) is 0 Å². The third kappa shape index (κ3) is 2.69. The molecule has 0 bridgehead atoms. The highest BCUT2D eigenvalue weighted by Crippen LogP contribution is 2.32. The number of hydrogen-bond donors (Lipinski definition) is 0. The summed E-state index contributed by atoms with van der Waals surface area (Å²) < 4.78 is 0. The van der Waals surface area contributed by atoms with Gasteiger partial charge in [0.25, 0.3) is 0 Å². The average Bonchev–Trinajstić information content (AvgIpc) is 3.02. The van der Waals surface area contributed by atoms with Gasteiger partial charge in [-0.25, -0.2) is 0 Å². The summed E-state index contributed by atoms with van der Waals surface area (Å²) in [5, 5.41) is 7.81. The van der Waals surface area contributed by atoms with Crippen molar-refractivity contribution in [3.8, 4) is 0 Å². The highest BCUT2D eigenvalue weighted by atomic mass is 35.5. The van der Waals surface area contributed by atoms with Crippen LogP contribution >= 0.6 is 23.2 Å². The van der Waals surface area contributed by atoms with E-state index in [1.54, 1.807) is 0 Å². The molecule has 0 N–H and O–H groups in total. The van der Waals surface area contributed by atoms with Crippen LogP contribution in [0.15, 0.2) is 0 Å². The van der Waals surface area contributed by atoms with Gasteiger partial charge in [0, 0.05) is 13.1 Å². The van der Waals surface area contributed by atoms with Crippen LogP contribution in [-0.4, -0.2) is 28.3 Å². The fraction of sp³-hybridized carbons (Fsp3) is 0.667. The number of rotatable bonds is 4. The Morgan fingerprint density at radius 2 is 2.07 bits per heavy atom. The number of nitrogens with zero attached hydrogens (tertiary/aromatic N) is 4. The Morgan fingerprint density at radius 3 is 2.67 bits per heavy atom. The van der Waals surface area contributed by atoms with E-state index >= 15 is 0 Å². The molecule has 2 rings (SSSR count). The maximum atomic E-state index is 5.94. The molecule has 0 aromatic carbocycles. The molecule has 1 heterocycles. The Balaban J connectivity index is 2.19. The molecule has 1 aliphatic carbocycles. The maximum Gasteiger partial charge on any atom is 0.245 e. The van der Waals surface area contributed by atoms with Gasteiger partial charge in [0.05, 0.1) is 0 Å². The first-order valence-electron chi connectivity index (χ1n) is 5.01. The van der Waals surface area contributed by atoms with Crippen molar-refractivity contribution in [3.63, 3.8) is 0 Å². The lowest BCUT2D eigenvalue weighted by molar-refractivity contribution is 0.725. The fourth-order valence-corrected chi connectivity index (χ4v) is 1.78. The van der Waals surface area contributed by atoms with Crippen LogP contribution in [0.3, 0.4) is 0 Å². The summed E-state index contributed by atoms with van der Waals surface area (Å²) in [7, 11) is 0. The number of halogens is 2. The second kappa shape index (κ2) is 4.49. The summed E-state index contributed by atoms with van der Waals surface area (Å²) in [5.74, 6) is 1.42. The van der Waals surface area contributed by atoms with Crippen molar-refractivity contribution in [2.45, 2.75) is 19.8 Å². The van der Waals surface area contributed by atoms with Gasteiger partial charge in [-0.15, -0.1) is 10.2 Å². The molecular formula is C9H12Cl2N4. The summed E-state index contributed by atoms with van der Waals surface area (Å²) in [6.45, 7) is 3.89. The van der Waals surface area contributed by atoms with Crippen LogP contribution in [0.1, 0.15) is 19.8 Å². The fourth-order valence-electron chi connectivity index (χ4n) is 1.46. The van der Waals surface area contributed by atoms with Gasteiger partial charge in [-0.05, 0) is 37.3 Å². The molecule has 1 saturated carbocycles. The average molecular weight is 247 g/mol. The zero-order valence-electron chi connectivity index (χ0n) is 8.45. The molecular weight excluding hydrogens is 235 g/mol. The van der Waals surface area contributed by atoms with Crippen molar-refractivity contribution in [1.82, 2.24) is 15.2 Å². The Labute approximate surface area is 98.6 Å². The van der Waals surface area contributed by atoms with Gasteiger partial charge in [-0.3, -0.25) is 0 Å². The summed E-state index contributed by atoms with van der Waals surface area (Å²) in [6.07, 6.45) is 2.58. The molecule has 15 heavy (non-hydrogen) atoms. The largest absolute Gasteiger partial charge is 0.354 e. The molecule has 1 fully saturated rings. The van der Waals surface area contributed by atoms with E-state index in [1.807, 2.05) is 0 Å². The van der Waals surface area contributed by atoms with E-state index in [1.165, 1.54) is 12.8 Å². The summed E-state index contributed by atoms with van der Waals surface area (Å²) >= 11 is 11.6. The second-order valence-corrected chi connectivity index (χ2v) is 4.37. The molecule has 0 atom stereocenters. The van der Waals surface area contributed by atoms with E-state index in [0.29, 0.717) is 11.0 Å². The Bertz CT molecular complexity index is 354. The number of anilines is 1. The van der Waals surface area contributed by atoms with Crippen LogP contribution in [0.4, 0.5) is 5.82 Å². The van der Waals surface area contributed by atoms with Crippen LogP contribution in [0, 0.1) is 5.92 Å². The standard InChI is InChI=1S/C9H12Cl2N4/c1-2-15(5-6-3-4-6)8-7(10)13-14-9(11)12-8/h6H,2-5H2,1H3. The van der Waals surface area contributed by atoms with Crippen LogP contribution in [-0.2, 0) is 0 Å². The topological polar surface area (TPSA) is 41.9 Å². The molecule has 0 amide bonds. The zero-order chi connectivity index (χ0) is 10.8. The lowest BCUT2D eigenvalue weighted by Crippen LogP contribution is -2.27. The highest BCUT2D eigenvalue weighted by Gasteiger charge is 2.25. The SMILES string of the molecule is CCN(CC1CC1)c1nc(Cl)nnc1Cl. The van der Waals surface area contributed by atoms with Crippen LogP contribution in [0.5, 0.6) is 0 Å². The molecule has 0 aliphatic heterocycles. The number of hydrogen-bond acceptors (Lipinski definition) is 4. The van der Waals surface area contributed by atoms with E-state index in [9.17, 15) is 0 Å². The minimum Gasteiger partial charge on any atom is -0.354 e. The third-order valence-electron chi connectivity index (χ3n) is 2.46. The number of aromatic nitrogens is 3. The second-order valence-electron chi connectivity index (χ2n) is 3.68. The van der Waals surface area contributed by atoms with Gasteiger partial charge in [-0.1, -0.05) is 11.6 Å². The van der Waals surface area contributed by atoms with Crippen molar-refractivity contribution in [2.75, 3.05) is 18.0 Å². The lowest BCUT2D eigenvalue weighted by Gasteiger charge is -2.21. The minimum atomic E-state index is 0.142. The predicted molar refractivity (Wildman–Crippen MR) is 60.5 cm³/mol. The highest BCUT2D eigenvalue weighted by molar-refractivity contribution is 6.32. The molecule has 0 unspecified atom stereocenters. The molecule has 6 heteroatoms. The van der Waals surface area contributed by atoms with Crippen molar-refractivity contribution < 1.29 is 0 Å². The van der Waals surface area contributed by atoms with Crippen LogP contribution in [0.25, 0.3) is 0 Å². The molecule has 82 valence electrons. The smallest absolute Gasteiger partial charge is 0.245 e. The molecule has 4 nitrogen and oxygen atoms in total. The maximum absolute atomic E-state index is 5.94. The quantitative estimate of drug-likeness (QED) is 0.819. The van der Waals surface area contributed by atoms with Crippen molar-refractivity contribution in [3.05, 3.63) is 10.4 Å². The van der Waals surface area contributed by atoms with E-state index in [2.05, 4.69) is 27.0 Å². The van der Waals surface area contributed by atoms with Gasteiger partial charge in [0.15, 0.2) is 11.0 Å². The summed E-state index contributed by atoms with van der Waals surface area (Å²) in [4.78, 5) is 6.21. The van der Waals surface area contributed by atoms with Gasteiger partial charge >= 0.3 is 0 Å². The molecule has 0 saturated heterocycles. The summed E-state index contributed by atoms with van der Waals surface area (Å²) in [6, 6.07) is 0. The van der Waals surface area contributed by atoms with E-state index in [-0.39, 0.29) is 5.28 Å². The Hall–Kier alpha value is -0.610. The van der Waals surface area contributed by atoms with Crippen molar-refractivity contribution in [2.24, 2.45) is 5.92 Å². The zero-order valence-corrected chi connectivity index (χ0v) is 9.96. The monoisotopic (exact) mass is 246 g/mol. The van der Waals surface area contributed by atoms with Crippen LogP contribution < -0.4 is 4.90 Å². The summed E-state index contributed by atoms with van der Waals surface area (Å²) in [5.41, 5.74) is 0. The minimum absolute atomic E-state index is 0.142. The molecule has 1 aromatic heterocycles.